The van der Waals surface area contributed by atoms with Gasteiger partial charge in [-0.25, -0.2) is 0 Å². The summed E-state index contributed by atoms with van der Waals surface area (Å²) in [5.41, 5.74) is 0.875. The van der Waals surface area contributed by atoms with Gasteiger partial charge < -0.3 is 9.34 Å². The summed E-state index contributed by atoms with van der Waals surface area (Å²) in [7, 11) is 3.16. The summed E-state index contributed by atoms with van der Waals surface area (Å²) in [5.74, 6) is 0.975. The molecule has 2 aromatic rings. The van der Waals surface area contributed by atoms with Crippen LogP contribution >= 0.6 is 45.0 Å². The molecule has 4 rings (SSSR count). The van der Waals surface area contributed by atoms with Gasteiger partial charge in [0.25, 0.3) is 0 Å². The Morgan fingerprint density at radius 2 is 1.41 bits per heavy atom. The topological polar surface area (TPSA) is 40.6 Å². The molecule has 0 aromatic heterocycles. The molecule has 2 amide bonds. The molecule has 0 bridgehead atoms. The van der Waals surface area contributed by atoms with Crippen LogP contribution in [0.3, 0.4) is 0 Å². The van der Waals surface area contributed by atoms with Crippen LogP contribution in [0.4, 0.5) is 0 Å². The van der Waals surface area contributed by atoms with Gasteiger partial charge in [0, 0.05) is 40.9 Å². The summed E-state index contributed by atoms with van der Waals surface area (Å²) in [6.45, 7) is 10.3. The lowest BCUT2D eigenvalue weighted by Gasteiger charge is -2.23. The Morgan fingerprint density at radius 3 is 1.85 bits per heavy atom. The Hall–Kier alpha value is -0.610. The second-order valence-corrected chi connectivity index (χ2v) is 15.4. The molecule has 2 fully saturated rings. The maximum absolute atomic E-state index is 12.4. The number of carbonyl (C=O) groups is 2. The van der Waals surface area contributed by atoms with Crippen molar-refractivity contribution >= 4 is 56.8 Å². The molecule has 2 aliphatic rings. The first-order valence-electron chi connectivity index (χ1n) is 11.1. The Labute approximate surface area is 218 Å². The molecule has 0 spiro atoms. The average Bonchev–Trinajstić information content (AvgIpc) is 3.30. The van der Waals surface area contributed by atoms with Crippen molar-refractivity contribution in [2.24, 2.45) is 5.92 Å². The largest absolute Gasteiger partial charge is 0.321 e. The molecular formula is C25H39ClN2O2P4. The minimum absolute atomic E-state index is 0. The van der Waals surface area contributed by atoms with Gasteiger partial charge in [-0.1, -0.05) is 91.0 Å². The molecule has 2 saturated heterocycles. The minimum atomic E-state index is -0.284. The molecular weight excluding hydrogens is 520 g/mol. The molecule has 34 heavy (non-hydrogen) atoms. The fraction of sp³-hybridized carbons (Fsp3) is 0.440. The predicted octanol–water partition coefficient (Wildman–Crippen LogP) is 7.64. The van der Waals surface area contributed by atoms with Crippen molar-refractivity contribution in [2.75, 3.05) is 26.4 Å². The fourth-order valence-corrected chi connectivity index (χ4v) is 8.39. The number of rotatable bonds is 5. The van der Waals surface area contributed by atoms with Gasteiger partial charge in [-0.15, -0.1) is 0 Å². The molecule has 9 heteroatoms. The summed E-state index contributed by atoms with van der Waals surface area (Å²) in [5, 5.41) is 0.794. The average molecular weight is 559 g/mol. The summed E-state index contributed by atoms with van der Waals surface area (Å²) in [4.78, 5) is 23.6. The van der Waals surface area contributed by atoms with E-state index in [9.17, 15) is 9.59 Å². The van der Waals surface area contributed by atoms with Crippen LogP contribution in [0.1, 0.15) is 39.7 Å². The van der Waals surface area contributed by atoms with Gasteiger partial charge in [0.1, 0.15) is 0 Å². The number of carbonyl (C=O) groups excluding carboxylic acids is 2. The summed E-state index contributed by atoms with van der Waals surface area (Å²) >= 11 is 5.54. The highest BCUT2D eigenvalue weighted by Gasteiger charge is 2.43. The van der Waals surface area contributed by atoms with Gasteiger partial charge in [0.2, 0.25) is 11.8 Å². The van der Waals surface area contributed by atoms with Crippen LogP contribution in [-0.2, 0) is 15.0 Å². The number of hydrogen-bond acceptors (Lipinski definition) is 2. The van der Waals surface area contributed by atoms with Gasteiger partial charge in [-0.2, -0.15) is 0 Å². The second kappa shape index (κ2) is 16.2. The van der Waals surface area contributed by atoms with Crippen molar-refractivity contribution in [1.82, 2.24) is 9.34 Å². The Kier molecular flexibility index (Phi) is 15.0. The lowest BCUT2D eigenvalue weighted by molar-refractivity contribution is -0.128. The molecule has 2 aromatic carbocycles. The van der Waals surface area contributed by atoms with E-state index < -0.39 is 0 Å². The normalized spacial score (nSPS) is 22.7. The summed E-state index contributed by atoms with van der Waals surface area (Å²) in [6, 6.07) is 19.6. The highest BCUT2D eigenvalue weighted by atomic mass is 35.5. The molecule has 0 saturated carbocycles. The number of nitrogens with zero attached hydrogens (tertiary/aromatic N) is 2. The van der Waals surface area contributed by atoms with E-state index in [1.54, 1.807) is 0 Å². The van der Waals surface area contributed by atoms with E-state index in [4.69, 9.17) is 11.6 Å². The maximum Gasteiger partial charge on any atom is 0.236 e. The Bertz CT molecular complexity index is 874. The minimum Gasteiger partial charge on any atom is -0.321 e. The molecule has 4 nitrogen and oxygen atoms in total. The third-order valence-corrected chi connectivity index (χ3v) is 10.7. The molecule has 2 heterocycles. The highest BCUT2D eigenvalue weighted by molar-refractivity contribution is 8.10. The first-order chi connectivity index (χ1) is 15.8. The van der Waals surface area contributed by atoms with E-state index in [1.807, 2.05) is 64.8 Å². The number of benzene rings is 2. The zero-order chi connectivity index (χ0) is 24.3. The number of halogens is 1. The second-order valence-electron chi connectivity index (χ2n) is 8.10. The van der Waals surface area contributed by atoms with E-state index in [-0.39, 0.29) is 12.8 Å². The van der Waals surface area contributed by atoms with Crippen molar-refractivity contribution in [3.8, 4) is 0 Å². The van der Waals surface area contributed by atoms with Crippen LogP contribution in [0, 0.1) is 5.92 Å². The summed E-state index contributed by atoms with van der Waals surface area (Å²) in [6.07, 6.45) is 2.02. The zero-order valence-electron chi connectivity index (χ0n) is 19.8. The van der Waals surface area contributed by atoms with E-state index in [0.29, 0.717) is 26.2 Å². The van der Waals surface area contributed by atoms with Crippen LogP contribution in [0.5, 0.6) is 0 Å². The number of hydrogen-bond donors (Lipinski definition) is 0. The first-order valence-corrected chi connectivity index (χ1v) is 18.3. The van der Waals surface area contributed by atoms with Crippen LogP contribution in [0.15, 0.2) is 60.7 Å². The van der Waals surface area contributed by atoms with E-state index in [2.05, 4.69) is 32.4 Å². The van der Waals surface area contributed by atoms with E-state index in [0.717, 1.165) is 61.5 Å². The molecule has 0 radical (unpaired) electrons. The van der Waals surface area contributed by atoms with Crippen molar-refractivity contribution in [3.05, 3.63) is 71.2 Å². The quantitative estimate of drug-likeness (QED) is 0.354. The highest BCUT2D eigenvalue weighted by Crippen LogP contribution is 2.46. The zero-order valence-corrected chi connectivity index (χ0v) is 24.5. The molecule has 188 valence electrons. The predicted molar refractivity (Wildman–Crippen MR) is 159 cm³/mol. The smallest absolute Gasteiger partial charge is 0.236 e. The van der Waals surface area contributed by atoms with Crippen LogP contribution in [0.2, 0.25) is 5.02 Å². The van der Waals surface area contributed by atoms with Gasteiger partial charge in [0.15, 0.2) is 0 Å². The van der Waals surface area contributed by atoms with Gasteiger partial charge >= 0.3 is 0 Å². The number of amides is 2. The molecule has 0 aliphatic carbocycles. The lowest BCUT2D eigenvalue weighted by Crippen LogP contribution is -2.31. The molecule has 2 aliphatic heterocycles. The Balaban J connectivity index is 0.000000275. The molecule has 0 N–H and O–H groups in total. The first kappa shape index (κ1) is 31.4. The fourth-order valence-electron chi connectivity index (χ4n) is 3.64. The van der Waals surface area contributed by atoms with Gasteiger partial charge in [-0.3, -0.25) is 9.59 Å². The molecule has 6 unspecified atom stereocenters. The van der Waals surface area contributed by atoms with Crippen LogP contribution in [-0.4, -0.2) is 47.6 Å². The molecule has 6 atom stereocenters. The van der Waals surface area contributed by atoms with Crippen LogP contribution < -0.4 is 0 Å². The van der Waals surface area contributed by atoms with E-state index >= 15 is 0 Å². The van der Waals surface area contributed by atoms with Gasteiger partial charge in [0.05, 0.1) is 5.41 Å². The van der Waals surface area contributed by atoms with Crippen molar-refractivity contribution in [3.63, 3.8) is 0 Å². The lowest BCUT2D eigenvalue weighted by atomic mass is 9.81. The SMILES string of the molecule is C.CPPN1CCC(C)(c2ccccc2)C1=O.CPPN1CCC(C)C1=O.Clc1ccccc1. The standard InChI is InChI=1S/C12H17NOP2.C6H5Cl.C6H13NOP2.CH4/c1-12(10-6-4-3-5-7-10)8-9-13(11(12)14)16-15-2;7-6-4-2-1-3-5-6;1-5-3-4-7(6(5)8)10-9-2;/h3-7,15-16H,8-9H2,1-2H3;1-5H;5,9-10H,3-4H2,1-2H3;1H4. The van der Waals surface area contributed by atoms with Crippen molar-refractivity contribution in [2.45, 2.75) is 39.5 Å². The van der Waals surface area contributed by atoms with Gasteiger partial charge in [-0.05, 0) is 50.8 Å². The van der Waals surface area contributed by atoms with Crippen molar-refractivity contribution < 1.29 is 9.59 Å². The third kappa shape index (κ3) is 9.12. The van der Waals surface area contributed by atoms with E-state index in [1.165, 1.54) is 0 Å². The third-order valence-electron chi connectivity index (χ3n) is 5.66. The summed E-state index contributed by atoms with van der Waals surface area (Å²) < 4.78 is 4.04. The van der Waals surface area contributed by atoms with Crippen molar-refractivity contribution in [1.29, 1.82) is 0 Å². The Morgan fingerprint density at radius 1 is 0.882 bits per heavy atom. The van der Waals surface area contributed by atoms with Crippen LogP contribution in [0.25, 0.3) is 0 Å². The maximum atomic E-state index is 12.4. The monoisotopic (exact) mass is 558 g/mol.